The number of fused-ring (bicyclic) bond motifs is 1. The molecule has 0 aliphatic carbocycles. The predicted octanol–water partition coefficient (Wildman–Crippen LogP) is 3.07. The number of likely N-dealkylation sites (N-methyl/N-ethyl adjacent to an activating group) is 1. The number of anilines is 4. The minimum Gasteiger partial charge on any atom is -0.495 e. The highest BCUT2D eigenvalue weighted by Crippen LogP contribution is 2.33. The van der Waals surface area contributed by atoms with E-state index in [1.54, 1.807) is 7.11 Å². The van der Waals surface area contributed by atoms with Crippen LogP contribution in [0.3, 0.4) is 0 Å². The Bertz CT molecular complexity index is 1270. The smallest absolute Gasteiger partial charge is 0.254 e. The first-order valence-electron chi connectivity index (χ1n) is 10.2. The fourth-order valence-electron chi connectivity index (χ4n) is 3.70. The molecule has 0 radical (unpaired) electrons. The van der Waals surface area contributed by atoms with Crippen LogP contribution < -0.4 is 21.1 Å². The third-order valence-corrected chi connectivity index (χ3v) is 5.40. The minimum absolute atomic E-state index is 0.0294. The summed E-state index contributed by atoms with van der Waals surface area (Å²) in [5.41, 5.74) is 8.36. The van der Waals surface area contributed by atoms with Gasteiger partial charge in [0.25, 0.3) is 5.91 Å². The Morgan fingerprint density at radius 3 is 2.85 bits per heavy atom. The van der Waals surface area contributed by atoms with Gasteiger partial charge in [0.05, 0.1) is 24.0 Å². The summed E-state index contributed by atoms with van der Waals surface area (Å²) in [6.07, 6.45) is 2.16. The van der Waals surface area contributed by atoms with Crippen LogP contribution in [0.25, 0.3) is 0 Å². The molecule has 4 rings (SSSR count). The van der Waals surface area contributed by atoms with Gasteiger partial charge in [-0.05, 0) is 48.9 Å². The summed E-state index contributed by atoms with van der Waals surface area (Å²) in [6, 6.07) is 9.94. The average molecular weight is 447 g/mol. The molecule has 168 valence electrons. The number of methoxy groups -OCH3 is 1. The molecule has 2 aromatic carbocycles. The first-order valence-corrected chi connectivity index (χ1v) is 10.2. The zero-order valence-electron chi connectivity index (χ0n) is 18.1. The van der Waals surface area contributed by atoms with Crippen LogP contribution in [0.1, 0.15) is 27.0 Å². The number of primary amides is 1. The summed E-state index contributed by atoms with van der Waals surface area (Å²) in [4.78, 5) is 22.6. The lowest BCUT2D eigenvalue weighted by Crippen LogP contribution is -2.26. The lowest BCUT2D eigenvalue weighted by Gasteiger charge is -2.26. The van der Waals surface area contributed by atoms with E-state index in [2.05, 4.69) is 32.5 Å². The quantitative estimate of drug-likeness (QED) is 0.526. The Balaban J connectivity index is 1.72. The molecule has 1 aliphatic heterocycles. The van der Waals surface area contributed by atoms with Crippen molar-refractivity contribution in [3.63, 3.8) is 0 Å². The van der Waals surface area contributed by atoms with Crippen molar-refractivity contribution in [3.05, 3.63) is 64.6 Å². The number of hydrogen-bond donors (Lipinski definition) is 3. The summed E-state index contributed by atoms with van der Waals surface area (Å²) in [5, 5.41) is 15.1. The monoisotopic (exact) mass is 447 g/mol. The molecule has 1 aliphatic rings. The number of nitrogens with zero attached hydrogens (tertiary/aromatic N) is 4. The van der Waals surface area contributed by atoms with Crippen molar-refractivity contribution in [3.8, 4) is 11.8 Å². The molecule has 33 heavy (non-hydrogen) atoms. The second-order valence-electron chi connectivity index (χ2n) is 7.65. The van der Waals surface area contributed by atoms with E-state index < -0.39 is 11.7 Å². The molecule has 0 atom stereocenters. The number of nitrogens with two attached hydrogens (primary N) is 1. The van der Waals surface area contributed by atoms with Crippen molar-refractivity contribution in [1.29, 1.82) is 5.26 Å². The maximum atomic E-state index is 14.4. The molecule has 1 amide bonds. The van der Waals surface area contributed by atoms with Crippen LogP contribution in [0.2, 0.25) is 0 Å². The molecular formula is C23H22FN7O2. The van der Waals surface area contributed by atoms with E-state index in [-0.39, 0.29) is 28.6 Å². The Kier molecular flexibility index (Phi) is 6.06. The molecule has 0 bridgehead atoms. The van der Waals surface area contributed by atoms with E-state index in [9.17, 15) is 14.4 Å². The summed E-state index contributed by atoms with van der Waals surface area (Å²) in [7, 11) is 3.63. The maximum absolute atomic E-state index is 14.4. The number of nitrogens with one attached hydrogen (secondary N) is 2. The van der Waals surface area contributed by atoms with E-state index in [0.717, 1.165) is 25.1 Å². The zero-order valence-corrected chi connectivity index (χ0v) is 18.1. The van der Waals surface area contributed by atoms with Crippen LogP contribution in [0.4, 0.5) is 27.5 Å². The van der Waals surface area contributed by atoms with Gasteiger partial charge in [0, 0.05) is 19.3 Å². The van der Waals surface area contributed by atoms with Crippen LogP contribution in [-0.2, 0) is 13.0 Å². The van der Waals surface area contributed by atoms with Crippen LogP contribution >= 0.6 is 0 Å². The third-order valence-electron chi connectivity index (χ3n) is 5.40. The largest absolute Gasteiger partial charge is 0.495 e. The van der Waals surface area contributed by atoms with Gasteiger partial charge >= 0.3 is 0 Å². The molecule has 4 N–H and O–H groups in total. The summed E-state index contributed by atoms with van der Waals surface area (Å²) < 4.78 is 19.9. The topological polar surface area (TPSA) is 129 Å². The van der Waals surface area contributed by atoms with Crippen molar-refractivity contribution in [2.75, 3.05) is 31.3 Å². The Hall–Kier alpha value is -4.23. The number of para-hydroxylation sites is 1. The van der Waals surface area contributed by atoms with Gasteiger partial charge in [0.2, 0.25) is 5.95 Å². The number of benzene rings is 2. The van der Waals surface area contributed by atoms with Gasteiger partial charge in [-0.15, -0.1) is 0 Å². The number of hydrogen-bond acceptors (Lipinski definition) is 8. The number of rotatable bonds is 6. The first kappa shape index (κ1) is 22.0. The second kappa shape index (κ2) is 9.10. The Morgan fingerprint density at radius 2 is 2.12 bits per heavy atom. The molecule has 0 saturated heterocycles. The van der Waals surface area contributed by atoms with Crippen LogP contribution in [-0.4, -0.2) is 41.5 Å². The van der Waals surface area contributed by atoms with Gasteiger partial charge in [0.1, 0.15) is 29.0 Å². The number of halogens is 1. The summed E-state index contributed by atoms with van der Waals surface area (Å²) >= 11 is 0. The number of aromatic nitrogens is 2. The SMILES string of the molecule is COc1cc2c(cc1Nc1ncc(C(N)=O)c(Nc3c(F)cccc3C#N)n1)CN(C)CC2. The molecule has 1 aromatic heterocycles. The average Bonchev–Trinajstić information content (AvgIpc) is 2.80. The summed E-state index contributed by atoms with van der Waals surface area (Å²) in [5.74, 6) is -0.736. The highest BCUT2D eigenvalue weighted by molar-refractivity contribution is 5.98. The lowest BCUT2D eigenvalue weighted by molar-refractivity contribution is 0.100. The number of ether oxygens (including phenoxy) is 1. The summed E-state index contributed by atoms with van der Waals surface area (Å²) in [6.45, 7) is 1.77. The van der Waals surface area contributed by atoms with Gasteiger partial charge in [-0.3, -0.25) is 4.79 Å². The maximum Gasteiger partial charge on any atom is 0.254 e. The van der Waals surface area contributed by atoms with Gasteiger partial charge in [-0.2, -0.15) is 10.2 Å². The van der Waals surface area contributed by atoms with E-state index in [4.69, 9.17) is 10.5 Å². The molecule has 2 heterocycles. The lowest BCUT2D eigenvalue weighted by atomic mass is 9.99. The van der Waals surface area contributed by atoms with E-state index in [1.807, 2.05) is 18.2 Å². The van der Waals surface area contributed by atoms with Gasteiger partial charge in [0.15, 0.2) is 0 Å². The van der Waals surface area contributed by atoms with Crippen molar-refractivity contribution in [2.45, 2.75) is 13.0 Å². The van der Waals surface area contributed by atoms with Crippen molar-refractivity contribution in [2.24, 2.45) is 5.73 Å². The number of amides is 1. The molecule has 0 spiro atoms. The van der Waals surface area contributed by atoms with Crippen molar-refractivity contribution in [1.82, 2.24) is 14.9 Å². The number of nitriles is 1. The molecule has 0 saturated carbocycles. The second-order valence-corrected chi connectivity index (χ2v) is 7.65. The minimum atomic E-state index is -0.798. The fourth-order valence-corrected chi connectivity index (χ4v) is 3.70. The molecule has 10 heteroatoms. The normalized spacial score (nSPS) is 13.0. The molecule has 3 aromatic rings. The molecule has 0 unspecified atom stereocenters. The highest BCUT2D eigenvalue weighted by atomic mass is 19.1. The van der Waals surface area contributed by atoms with E-state index in [0.29, 0.717) is 11.4 Å². The molecular weight excluding hydrogens is 425 g/mol. The van der Waals surface area contributed by atoms with Crippen molar-refractivity contribution >= 4 is 29.0 Å². The Morgan fingerprint density at radius 1 is 1.30 bits per heavy atom. The van der Waals surface area contributed by atoms with E-state index in [1.165, 1.54) is 30.0 Å². The standard InChI is InChI=1S/C23H22FN7O2/c1-31-7-6-13-9-19(33-2)18(8-15(13)12-31)28-23-27-11-16(21(26)32)22(30-23)29-20-14(10-25)4-3-5-17(20)24/h3-5,8-9,11H,6-7,12H2,1-2H3,(H2,26,32)(H2,27,28,29,30). The fraction of sp³-hybridized carbons (Fsp3) is 0.217. The molecule has 9 nitrogen and oxygen atoms in total. The highest BCUT2D eigenvalue weighted by Gasteiger charge is 2.19. The van der Waals surface area contributed by atoms with Crippen LogP contribution in [0.15, 0.2) is 36.5 Å². The molecule has 0 fully saturated rings. The van der Waals surface area contributed by atoms with E-state index >= 15 is 0 Å². The van der Waals surface area contributed by atoms with Gasteiger partial charge in [-0.25, -0.2) is 9.37 Å². The van der Waals surface area contributed by atoms with Crippen LogP contribution in [0, 0.1) is 17.1 Å². The Labute approximate surface area is 190 Å². The van der Waals surface area contributed by atoms with Crippen molar-refractivity contribution < 1.29 is 13.9 Å². The zero-order chi connectivity index (χ0) is 23.5. The van der Waals surface area contributed by atoms with Gasteiger partial charge < -0.3 is 26.0 Å². The first-order chi connectivity index (χ1) is 15.9. The van der Waals surface area contributed by atoms with Crippen LogP contribution in [0.5, 0.6) is 5.75 Å². The van der Waals surface area contributed by atoms with Gasteiger partial charge in [-0.1, -0.05) is 6.07 Å². The number of carbonyl (C=O) groups is 1. The predicted molar refractivity (Wildman–Crippen MR) is 121 cm³/mol. The number of carbonyl (C=O) groups excluding carboxylic acids is 1. The third kappa shape index (κ3) is 4.53.